The van der Waals surface area contributed by atoms with E-state index in [9.17, 15) is 60.3 Å². The van der Waals surface area contributed by atoms with Crippen LogP contribution in [0, 0.1) is 181 Å². The molecular formula is C127H215NO17. The number of nitrogens with two attached hydrogens (primary N) is 1. The van der Waals surface area contributed by atoms with Crippen LogP contribution in [0.15, 0.2) is 47.6 Å². The number of Topliss-reactive ketones (excluding diaryl/α,β-unsaturated/α-hetero) is 1. The van der Waals surface area contributed by atoms with Crippen LogP contribution in [0.2, 0.25) is 0 Å². The van der Waals surface area contributed by atoms with Crippen LogP contribution in [0.1, 0.15) is 461 Å². The lowest BCUT2D eigenvalue weighted by Gasteiger charge is -2.70. The van der Waals surface area contributed by atoms with Gasteiger partial charge >= 0.3 is 18.1 Å². The van der Waals surface area contributed by atoms with E-state index in [-0.39, 0.29) is 183 Å². The first-order valence-electron chi connectivity index (χ1n) is 58.5. The van der Waals surface area contributed by atoms with Crippen molar-refractivity contribution in [1.29, 1.82) is 0 Å². The number of carbonyl (C=O) groups excluding carboxylic acids is 5. The summed E-state index contributed by atoms with van der Waals surface area (Å²) in [4.78, 5) is 53.6. The van der Waals surface area contributed by atoms with Crippen LogP contribution in [0.3, 0.4) is 0 Å². The maximum atomic E-state index is 12.9. The molecule has 0 radical (unpaired) electrons. The average molecular weight is 2030 g/mol. The minimum Gasteiger partial charge on any atom is -0.462 e. The molecule has 39 atom stereocenters. The molecule has 830 valence electrons. The highest BCUT2D eigenvalue weighted by molar-refractivity contribution is 5.85. The third kappa shape index (κ3) is 20.6. The smallest absolute Gasteiger partial charge is 0.373 e. The molecule has 11 N–H and O–H groups in total. The average Bonchev–Trinajstić information content (AvgIpc) is 1.68. The van der Waals surface area contributed by atoms with Gasteiger partial charge in [0.25, 0.3) is 0 Å². The van der Waals surface area contributed by atoms with Crippen molar-refractivity contribution in [3.8, 4) is 0 Å². The molecule has 0 saturated heterocycles. The number of hydrogen-bond donors (Lipinski definition) is 10. The van der Waals surface area contributed by atoms with Crippen LogP contribution in [0.5, 0.6) is 0 Å². The molecular weight excluding hydrogens is 1810 g/mol. The molecule has 0 aromatic carbocycles. The molecule has 16 saturated carbocycles. The third-order valence-electron chi connectivity index (χ3n) is 50.0. The minimum atomic E-state index is -0.975. The molecule has 0 aromatic heterocycles. The molecule has 16 fully saturated rings. The first kappa shape index (κ1) is 120. The van der Waals surface area contributed by atoms with Crippen molar-refractivity contribution in [3.63, 3.8) is 0 Å². The highest BCUT2D eigenvalue weighted by atomic mass is 16.5. The molecule has 0 aromatic rings. The zero-order valence-electron chi connectivity index (χ0n) is 98.4. The Morgan fingerprint density at radius 2 is 0.669 bits per heavy atom. The SMILES string of the molecule is CC(=O)O[C@@H]1CC2[C@@]3(C)CC[C@@H](OC(C)=O)C(C)(C)C3CC[C@@]2(C)[C@]2(C)CCC(C(C)(O)C/C=C/C(C)(C)O)C12.CC(C)(O)/C=C/CC(C)(O)C1CC[C@]2(C)C1[C@H](O)CC1[C@@]3(C)CCC(=O)C(C)(C)C3CC[C@]12C.CC(C)=CCCC(C)(O)C1CC[C@]2(C)C1[C@H](O)CC1[C@@]3(C)CCC(N)C(C)(C)C3CC[C@]12C.CCOC1CC[C@@]2(C)C(CC[C@]3(C)C2C[C@@H](O)C2C(C(C)(O)CCC=C(C)C)CC[C@]23C)C1(C)C.O=C=O. The van der Waals surface area contributed by atoms with Crippen molar-refractivity contribution in [2.45, 2.75) is 537 Å². The summed E-state index contributed by atoms with van der Waals surface area (Å²) in [5.74, 6) is 4.72. The summed E-state index contributed by atoms with van der Waals surface area (Å²) in [6.45, 7) is 77.9. The zero-order chi connectivity index (χ0) is 109. The fourth-order valence-electron chi connectivity index (χ4n) is 42.0. The van der Waals surface area contributed by atoms with E-state index in [0.29, 0.717) is 78.5 Å². The molecule has 16 aliphatic carbocycles. The Bertz CT molecular complexity index is 4710. The second-order valence-electron chi connectivity index (χ2n) is 60.5. The summed E-state index contributed by atoms with van der Waals surface area (Å²) in [5.41, 5.74) is 5.20. The Labute approximate surface area is 881 Å². The Morgan fingerprint density at radius 1 is 0.372 bits per heavy atom. The van der Waals surface area contributed by atoms with Gasteiger partial charge in [-0.05, 0) is 466 Å². The van der Waals surface area contributed by atoms with Gasteiger partial charge in [-0.1, -0.05) is 186 Å². The molecule has 145 heavy (non-hydrogen) atoms. The van der Waals surface area contributed by atoms with Crippen LogP contribution in [-0.4, -0.2) is 153 Å². The predicted molar refractivity (Wildman–Crippen MR) is 580 cm³/mol. The van der Waals surface area contributed by atoms with Crippen LogP contribution < -0.4 is 5.73 Å². The summed E-state index contributed by atoms with van der Waals surface area (Å²) in [6, 6.07) is 0.281. The number of aliphatic hydroxyl groups is 9. The first-order chi connectivity index (χ1) is 66.3. The van der Waals surface area contributed by atoms with E-state index in [1.165, 1.54) is 63.5 Å². The van der Waals surface area contributed by atoms with Crippen LogP contribution in [-0.2, 0) is 38.2 Å². The topological polar surface area (TPSA) is 321 Å². The second-order valence-corrected chi connectivity index (χ2v) is 60.5. The number of esters is 2. The number of ether oxygens (including phenoxy) is 3. The van der Waals surface area contributed by atoms with E-state index < -0.39 is 39.7 Å². The van der Waals surface area contributed by atoms with Crippen molar-refractivity contribution in [1.82, 2.24) is 0 Å². The molecule has 22 unspecified atom stereocenters. The van der Waals surface area contributed by atoms with Crippen LogP contribution in [0.4, 0.5) is 0 Å². The van der Waals surface area contributed by atoms with Crippen molar-refractivity contribution in [2.75, 3.05) is 6.61 Å². The fourth-order valence-corrected chi connectivity index (χ4v) is 42.0. The number of carbonyl (C=O) groups is 3. The molecule has 0 heterocycles. The maximum absolute atomic E-state index is 12.9. The lowest BCUT2D eigenvalue weighted by Crippen LogP contribution is -2.67. The predicted octanol–water partition coefficient (Wildman–Crippen LogP) is 25.7. The van der Waals surface area contributed by atoms with Crippen LogP contribution >= 0.6 is 0 Å². The highest BCUT2D eigenvalue weighted by Gasteiger charge is 2.78. The van der Waals surface area contributed by atoms with E-state index >= 15 is 0 Å². The maximum Gasteiger partial charge on any atom is 0.373 e. The van der Waals surface area contributed by atoms with E-state index in [2.05, 4.69) is 192 Å². The number of aliphatic hydroxyl groups excluding tert-OH is 3. The summed E-state index contributed by atoms with van der Waals surface area (Å²) >= 11 is 0. The van der Waals surface area contributed by atoms with Gasteiger partial charge < -0.3 is 65.9 Å². The molecule has 16 rings (SSSR count). The number of allylic oxidation sites excluding steroid dienone is 4. The number of fused-ring (bicyclic) bond motifs is 20. The third-order valence-corrected chi connectivity index (χ3v) is 50.0. The largest absolute Gasteiger partial charge is 0.462 e. The van der Waals surface area contributed by atoms with Gasteiger partial charge in [0.1, 0.15) is 18.0 Å². The number of rotatable bonds is 20. The lowest BCUT2D eigenvalue weighted by molar-refractivity contribution is -0.252. The van der Waals surface area contributed by atoms with Gasteiger partial charge in [-0.15, -0.1) is 0 Å². The van der Waals surface area contributed by atoms with Crippen molar-refractivity contribution >= 4 is 23.9 Å². The standard InChI is InChI=1S/C34H56O6.C32H56O3.C30H53NO2.C30H50O4.CO2/c1-21(35)39-24-20-26-31(7)17-14-27(40-22(2)36)30(5,6)25(31)13-19-32(26,8)33(9)18-12-23(28(24)33)34(10,38)16-11-15-29(3,4)37;1-10-35-26-15-17-29(6)24(28(26,4)5)14-19-30(7)25(29)20-23(33)27-22(13-18-31(27,30)8)32(9,34)16-11-12-21(2)3;1-19(2)10-9-14-30(8,33)20-11-16-29(7)25(20)21(32)18-23-27(5)15-13-24(31)26(3,4)22(27)12-17-28(23,29)6;1-25(2,33)13-9-14-30(8,34)19-10-16-29(7)24(19)20(31)18-22-27(5)15-12-23(32)26(3,4)21(27)11-17-28(22,29)6;2-1-3/h11,15,23-28,37-38H,12-14,16-20H2,1-10H3;12,22-27,33-34H,10-11,13-20H2,1-9H3;10,20-25,32-33H,9,11-18,31H2,1-8H3;9,13,19-22,24,31,33-34H,10-12,14-18H2,1-8H3;/b15-11+;;;13-9+;/t23?,24-,25?,26?,27-,28?,31+,32-,33-,34?;22?,23-,24?,25?,26?,27?,29+,30-,31-,32?;20?,21-,22?,23?,24?,25?,27+,28-,29-,30?;19?,20-,21?,22?,24?,27+,28-,29-,30?;/m1111./s1. The zero-order valence-corrected chi connectivity index (χ0v) is 98.4. The molecule has 18 heteroatoms. The molecule has 18 nitrogen and oxygen atoms in total. The van der Waals surface area contributed by atoms with Crippen molar-refractivity contribution in [3.05, 3.63) is 47.6 Å². The minimum absolute atomic E-state index is 0.00671. The summed E-state index contributed by atoms with van der Waals surface area (Å²) < 4.78 is 18.4. The summed E-state index contributed by atoms with van der Waals surface area (Å²) in [6.07, 6.45) is 44.4. The molecule has 0 spiro atoms. The van der Waals surface area contributed by atoms with Gasteiger partial charge in [0.15, 0.2) is 0 Å². The normalized spacial score (nSPS) is 46.7. The highest BCUT2D eigenvalue weighted by Crippen LogP contribution is 2.82. The van der Waals surface area contributed by atoms with E-state index in [0.717, 1.165) is 167 Å². The quantitative estimate of drug-likeness (QED) is 0.0400. The Hall–Kier alpha value is -3.49. The molecule has 16 aliphatic rings. The van der Waals surface area contributed by atoms with E-state index in [1.54, 1.807) is 39.8 Å². The van der Waals surface area contributed by atoms with E-state index in [4.69, 9.17) is 29.5 Å². The second kappa shape index (κ2) is 41.2. The van der Waals surface area contributed by atoms with Crippen molar-refractivity contribution in [2.24, 2.45) is 187 Å². The lowest BCUT2D eigenvalue weighted by atomic mass is 9.35. The van der Waals surface area contributed by atoms with Crippen LogP contribution in [0.25, 0.3) is 0 Å². The number of hydrogen-bond acceptors (Lipinski definition) is 18. The Morgan fingerprint density at radius 3 is 1.01 bits per heavy atom. The summed E-state index contributed by atoms with van der Waals surface area (Å²) in [7, 11) is 0. The van der Waals surface area contributed by atoms with Crippen molar-refractivity contribution < 1.29 is 84.1 Å². The molecule has 0 aliphatic heterocycles. The fraction of sp³-hybridized carbons (Fsp3) is 0.906. The number of ketones is 1. The van der Waals surface area contributed by atoms with E-state index in [1.807, 2.05) is 32.9 Å². The van der Waals surface area contributed by atoms with Gasteiger partial charge in [0.2, 0.25) is 0 Å². The monoisotopic (exact) mass is 2030 g/mol. The van der Waals surface area contributed by atoms with Gasteiger partial charge in [-0.25, -0.2) is 0 Å². The van der Waals surface area contributed by atoms with Gasteiger partial charge in [-0.2, -0.15) is 9.59 Å². The molecule has 0 amide bonds. The van der Waals surface area contributed by atoms with Gasteiger partial charge in [-0.3, -0.25) is 14.4 Å². The summed E-state index contributed by atoms with van der Waals surface area (Å²) in [5, 5.41) is 102. The Balaban J connectivity index is 0.000000171. The first-order valence-corrected chi connectivity index (χ1v) is 58.5. The van der Waals surface area contributed by atoms with Gasteiger partial charge in [0, 0.05) is 49.7 Å². The van der Waals surface area contributed by atoms with Gasteiger partial charge in [0.05, 0.1) is 58.0 Å². The molecule has 0 bridgehead atoms. The Kier molecular flexibility index (Phi) is 34.2.